The van der Waals surface area contributed by atoms with Gasteiger partial charge in [0.15, 0.2) is 0 Å². The van der Waals surface area contributed by atoms with Gasteiger partial charge in [0, 0.05) is 25.2 Å². The van der Waals surface area contributed by atoms with Crippen molar-refractivity contribution in [2.24, 2.45) is 0 Å². The van der Waals surface area contributed by atoms with E-state index in [4.69, 9.17) is 0 Å². The van der Waals surface area contributed by atoms with E-state index >= 15 is 0 Å². The van der Waals surface area contributed by atoms with Crippen LogP contribution in [0.5, 0.6) is 0 Å². The van der Waals surface area contributed by atoms with E-state index in [1.54, 1.807) is 0 Å². The number of nitrogens with zero attached hydrogens (tertiary/aromatic N) is 1. The molecule has 1 aromatic carbocycles. The fraction of sp³-hybridized carbons (Fsp3) is 0.579. The van der Waals surface area contributed by atoms with Crippen LogP contribution in [0.3, 0.4) is 0 Å². The minimum Gasteiger partial charge on any atom is -0.391 e. The van der Waals surface area contributed by atoms with Gasteiger partial charge in [0.1, 0.15) is 0 Å². The molecule has 6 heteroatoms. The molecule has 1 aliphatic heterocycles. The summed E-state index contributed by atoms with van der Waals surface area (Å²) in [6.07, 6.45) is 5.84. The molecule has 0 radical (unpaired) electrons. The minimum atomic E-state index is -0.444. The highest BCUT2D eigenvalue weighted by atomic mass is 16.3. The van der Waals surface area contributed by atoms with E-state index in [2.05, 4.69) is 10.6 Å². The number of piperidine rings is 1. The van der Waals surface area contributed by atoms with Crippen LogP contribution in [-0.2, 0) is 11.3 Å². The van der Waals surface area contributed by atoms with Crippen LogP contribution < -0.4 is 15.5 Å². The normalized spacial score (nSPS) is 24.0. The summed E-state index contributed by atoms with van der Waals surface area (Å²) in [5.41, 5.74) is 1.90. The van der Waals surface area contributed by atoms with Gasteiger partial charge in [-0.1, -0.05) is 25.0 Å². The average molecular weight is 345 g/mol. The molecule has 2 fully saturated rings. The SMILES string of the molecule is O=C(NCc1ccc(N2CCCCC2=O)cc1)N[C@H]1CCCC[C@@H]1O. The Kier molecular flexibility index (Phi) is 5.91. The molecule has 3 amide bonds. The number of rotatable bonds is 4. The molecule has 6 nitrogen and oxygen atoms in total. The van der Waals surface area contributed by atoms with Crippen LogP contribution in [0.15, 0.2) is 24.3 Å². The second-order valence-corrected chi connectivity index (χ2v) is 6.95. The largest absolute Gasteiger partial charge is 0.391 e. The summed E-state index contributed by atoms with van der Waals surface area (Å²) in [6, 6.07) is 7.34. The summed E-state index contributed by atoms with van der Waals surface area (Å²) in [5.74, 6) is 0.183. The molecule has 2 atom stereocenters. The lowest BCUT2D eigenvalue weighted by Gasteiger charge is -2.28. The van der Waals surface area contributed by atoms with Crippen molar-refractivity contribution in [2.75, 3.05) is 11.4 Å². The molecule has 1 aromatic rings. The molecule has 0 bridgehead atoms. The maximum Gasteiger partial charge on any atom is 0.315 e. The lowest BCUT2D eigenvalue weighted by atomic mass is 9.93. The number of anilines is 1. The topological polar surface area (TPSA) is 81.7 Å². The van der Waals surface area contributed by atoms with Crippen LogP contribution in [0.2, 0.25) is 0 Å². The number of hydrogen-bond acceptors (Lipinski definition) is 3. The van der Waals surface area contributed by atoms with Gasteiger partial charge in [0.05, 0.1) is 12.1 Å². The number of carbonyl (C=O) groups is 2. The van der Waals surface area contributed by atoms with Gasteiger partial charge in [0.25, 0.3) is 0 Å². The van der Waals surface area contributed by atoms with Crippen LogP contribution in [0, 0.1) is 0 Å². The van der Waals surface area contributed by atoms with E-state index in [1.807, 2.05) is 29.2 Å². The fourth-order valence-electron chi connectivity index (χ4n) is 3.55. The van der Waals surface area contributed by atoms with Crippen molar-refractivity contribution in [3.8, 4) is 0 Å². The molecular weight excluding hydrogens is 318 g/mol. The summed E-state index contributed by atoms with van der Waals surface area (Å²) in [4.78, 5) is 25.8. The number of aliphatic hydroxyl groups excluding tert-OH is 1. The highest BCUT2D eigenvalue weighted by Crippen LogP contribution is 2.21. The number of amides is 3. The van der Waals surface area contributed by atoms with Crippen molar-refractivity contribution in [3.63, 3.8) is 0 Å². The number of nitrogens with one attached hydrogen (secondary N) is 2. The van der Waals surface area contributed by atoms with E-state index in [0.717, 1.165) is 56.3 Å². The third-order valence-corrected chi connectivity index (χ3v) is 5.07. The lowest BCUT2D eigenvalue weighted by Crippen LogP contribution is -2.48. The zero-order valence-electron chi connectivity index (χ0n) is 14.5. The van der Waals surface area contributed by atoms with Gasteiger partial charge in [-0.05, 0) is 43.4 Å². The maximum atomic E-state index is 12.0. The van der Waals surface area contributed by atoms with Crippen LogP contribution in [0.25, 0.3) is 0 Å². The van der Waals surface area contributed by atoms with Crippen molar-refractivity contribution in [1.29, 1.82) is 0 Å². The first-order chi connectivity index (χ1) is 12.1. The third kappa shape index (κ3) is 4.72. The zero-order valence-corrected chi connectivity index (χ0v) is 14.5. The molecule has 1 heterocycles. The fourth-order valence-corrected chi connectivity index (χ4v) is 3.55. The standard InChI is InChI=1S/C19H27N3O3/c23-17-6-2-1-5-16(17)21-19(25)20-13-14-8-10-15(11-9-14)22-12-4-3-7-18(22)24/h8-11,16-17,23H,1-7,12-13H2,(H2,20,21,25)/t16-,17-/m0/s1. The first-order valence-electron chi connectivity index (χ1n) is 9.25. The number of benzene rings is 1. The molecule has 3 rings (SSSR count). The molecule has 0 aromatic heterocycles. The number of carbonyl (C=O) groups excluding carboxylic acids is 2. The molecular formula is C19H27N3O3. The predicted octanol–water partition coefficient (Wildman–Crippen LogP) is 2.31. The van der Waals surface area contributed by atoms with Crippen molar-refractivity contribution in [2.45, 2.75) is 63.6 Å². The number of hydrogen-bond donors (Lipinski definition) is 3. The summed E-state index contributed by atoms with van der Waals surface area (Å²) in [5, 5.41) is 15.6. The molecule has 0 spiro atoms. The Morgan fingerprint density at radius 2 is 1.88 bits per heavy atom. The average Bonchev–Trinajstić information content (AvgIpc) is 2.63. The molecule has 0 unspecified atom stereocenters. The van der Waals surface area contributed by atoms with Crippen LogP contribution >= 0.6 is 0 Å². The van der Waals surface area contributed by atoms with E-state index < -0.39 is 6.10 Å². The molecule has 3 N–H and O–H groups in total. The Morgan fingerprint density at radius 3 is 2.60 bits per heavy atom. The second-order valence-electron chi connectivity index (χ2n) is 6.95. The minimum absolute atomic E-state index is 0.152. The lowest BCUT2D eigenvalue weighted by molar-refractivity contribution is -0.119. The molecule has 1 aliphatic carbocycles. The summed E-state index contributed by atoms with van der Waals surface area (Å²) in [7, 11) is 0. The molecule has 136 valence electrons. The second kappa shape index (κ2) is 8.34. The molecule has 1 saturated heterocycles. The van der Waals surface area contributed by atoms with Crippen molar-refractivity contribution < 1.29 is 14.7 Å². The molecule has 2 aliphatic rings. The first kappa shape index (κ1) is 17.7. The van der Waals surface area contributed by atoms with Gasteiger partial charge in [-0.2, -0.15) is 0 Å². The van der Waals surface area contributed by atoms with Gasteiger partial charge in [0.2, 0.25) is 5.91 Å². The van der Waals surface area contributed by atoms with Crippen molar-refractivity contribution in [1.82, 2.24) is 10.6 Å². The van der Waals surface area contributed by atoms with E-state index in [0.29, 0.717) is 13.0 Å². The van der Waals surface area contributed by atoms with E-state index in [-0.39, 0.29) is 18.0 Å². The van der Waals surface area contributed by atoms with Crippen LogP contribution in [-0.4, -0.2) is 35.7 Å². The molecule has 1 saturated carbocycles. The summed E-state index contributed by atoms with van der Waals surface area (Å²) >= 11 is 0. The Balaban J connectivity index is 1.48. The van der Waals surface area contributed by atoms with Gasteiger partial charge >= 0.3 is 6.03 Å². The number of aliphatic hydroxyl groups is 1. The predicted molar refractivity (Wildman–Crippen MR) is 96.3 cm³/mol. The highest BCUT2D eigenvalue weighted by molar-refractivity contribution is 5.93. The van der Waals surface area contributed by atoms with Gasteiger partial charge in [-0.15, -0.1) is 0 Å². The third-order valence-electron chi connectivity index (χ3n) is 5.07. The highest BCUT2D eigenvalue weighted by Gasteiger charge is 2.24. The number of urea groups is 1. The quantitative estimate of drug-likeness (QED) is 0.783. The summed E-state index contributed by atoms with van der Waals surface area (Å²) < 4.78 is 0. The van der Waals surface area contributed by atoms with Crippen LogP contribution in [0.1, 0.15) is 50.5 Å². The first-order valence-corrected chi connectivity index (χ1v) is 9.25. The van der Waals surface area contributed by atoms with Crippen LogP contribution in [0.4, 0.5) is 10.5 Å². The van der Waals surface area contributed by atoms with Gasteiger partial charge in [-0.25, -0.2) is 4.79 Å². The smallest absolute Gasteiger partial charge is 0.315 e. The van der Waals surface area contributed by atoms with E-state index in [9.17, 15) is 14.7 Å². The summed E-state index contributed by atoms with van der Waals surface area (Å²) in [6.45, 7) is 1.20. The Bertz CT molecular complexity index is 602. The maximum absolute atomic E-state index is 12.0. The molecule has 25 heavy (non-hydrogen) atoms. The van der Waals surface area contributed by atoms with Crippen molar-refractivity contribution in [3.05, 3.63) is 29.8 Å². The van der Waals surface area contributed by atoms with Crippen molar-refractivity contribution >= 4 is 17.6 Å². The van der Waals surface area contributed by atoms with E-state index in [1.165, 1.54) is 0 Å². The zero-order chi connectivity index (χ0) is 17.6. The Labute approximate surface area is 148 Å². The Hall–Kier alpha value is -2.08. The monoisotopic (exact) mass is 345 g/mol. The van der Waals surface area contributed by atoms with Gasteiger partial charge in [-0.3, -0.25) is 4.79 Å². The Morgan fingerprint density at radius 1 is 1.12 bits per heavy atom. The van der Waals surface area contributed by atoms with Gasteiger partial charge < -0.3 is 20.6 Å².